The number of nitrogens with zero attached hydrogens (tertiary/aromatic N) is 2. The summed E-state index contributed by atoms with van der Waals surface area (Å²) in [6, 6.07) is 12.5. The summed E-state index contributed by atoms with van der Waals surface area (Å²) < 4.78 is 9.96. The number of methoxy groups -OCH3 is 1. The van der Waals surface area contributed by atoms with Crippen molar-refractivity contribution < 1.29 is 28.8 Å². The van der Waals surface area contributed by atoms with Crippen LogP contribution in [0.3, 0.4) is 0 Å². The summed E-state index contributed by atoms with van der Waals surface area (Å²) >= 11 is 0.761. The van der Waals surface area contributed by atoms with Crippen LogP contribution < -0.4 is 4.74 Å². The molecule has 30 heavy (non-hydrogen) atoms. The first-order valence-electron chi connectivity index (χ1n) is 8.66. The van der Waals surface area contributed by atoms with Crippen LogP contribution in [0.1, 0.15) is 11.1 Å². The van der Waals surface area contributed by atoms with Gasteiger partial charge in [-0.05, 0) is 29.5 Å². The lowest BCUT2D eigenvalue weighted by Crippen LogP contribution is -2.27. The second kappa shape index (κ2) is 9.23. The average molecular weight is 428 g/mol. The summed E-state index contributed by atoms with van der Waals surface area (Å²) in [5, 5.41) is 10.4. The van der Waals surface area contributed by atoms with Gasteiger partial charge in [0.1, 0.15) is 5.75 Å². The molecule has 2 aromatic rings. The van der Waals surface area contributed by atoms with E-state index in [2.05, 4.69) is 4.74 Å². The molecule has 0 aromatic heterocycles. The van der Waals surface area contributed by atoms with Crippen LogP contribution in [0.5, 0.6) is 5.75 Å². The molecule has 0 aliphatic carbocycles. The lowest BCUT2D eigenvalue weighted by Gasteiger charge is -2.12. The molecule has 1 saturated heterocycles. The van der Waals surface area contributed by atoms with Crippen LogP contribution >= 0.6 is 11.8 Å². The Balaban J connectivity index is 1.79. The Hall–Kier alpha value is -3.66. The van der Waals surface area contributed by atoms with Gasteiger partial charge in [-0.3, -0.25) is 24.6 Å². The van der Waals surface area contributed by atoms with E-state index in [1.165, 1.54) is 31.4 Å². The monoisotopic (exact) mass is 428 g/mol. The van der Waals surface area contributed by atoms with Crippen molar-refractivity contribution in [1.29, 1.82) is 0 Å². The van der Waals surface area contributed by atoms with Crippen molar-refractivity contribution >= 4 is 40.6 Å². The summed E-state index contributed by atoms with van der Waals surface area (Å²) in [4.78, 5) is 48.0. The first kappa shape index (κ1) is 21.1. The molecule has 0 atom stereocenters. The number of benzene rings is 2. The van der Waals surface area contributed by atoms with Gasteiger partial charge in [0.15, 0.2) is 6.61 Å². The number of hydrogen-bond donors (Lipinski definition) is 0. The number of para-hydroxylation sites is 1. The number of carbonyl (C=O) groups is 3. The van der Waals surface area contributed by atoms with Gasteiger partial charge in [-0.25, -0.2) is 4.79 Å². The normalized spacial score (nSPS) is 14.8. The SMILES string of the molecule is COC(=O)COc1ccccc1/C=C1\SC(=O)N(Cc2cccc([N+](=O)[O-])c2)C1=O. The number of nitro benzene ring substituents is 1. The molecule has 1 aliphatic rings. The molecule has 1 fully saturated rings. The van der Waals surface area contributed by atoms with Gasteiger partial charge in [-0.2, -0.15) is 0 Å². The molecular weight excluding hydrogens is 412 g/mol. The van der Waals surface area contributed by atoms with Crippen LogP contribution in [-0.4, -0.2) is 40.7 Å². The quantitative estimate of drug-likeness (QED) is 0.285. The number of nitro groups is 1. The predicted octanol–water partition coefficient (Wildman–Crippen LogP) is 3.38. The van der Waals surface area contributed by atoms with Crippen molar-refractivity contribution in [1.82, 2.24) is 4.90 Å². The zero-order valence-electron chi connectivity index (χ0n) is 15.8. The third-order valence-electron chi connectivity index (χ3n) is 4.11. The van der Waals surface area contributed by atoms with Gasteiger partial charge in [0.2, 0.25) is 0 Å². The summed E-state index contributed by atoms with van der Waals surface area (Å²) in [5.41, 5.74) is 0.864. The maximum Gasteiger partial charge on any atom is 0.343 e. The molecule has 0 radical (unpaired) electrons. The van der Waals surface area contributed by atoms with Gasteiger partial charge >= 0.3 is 5.97 Å². The molecule has 9 nitrogen and oxygen atoms in total. The second-order valence-electron chi connectivity index (χ2n) is 6.10. The lowest BCUT2D eigenvalue weighted by molar-refractivity contribution is -0.384. The highest BCUT2D eigenvalue weighted by Gasteiger charge is 2.35. The zero-order valence-corrected chi connectivity index (χ0v) is 16.6. The van der Waals surface area contributed by atoms with Gasteiger partial charge < -0.3 is 9.47 Å². The lowest BCUT2D eigenvalue weighted by atomic mass is 10.1. The summed E-state index contributed by atoms with van der Waals surface area (Å²) in [7, 11) is 1.24. The molecule has 3 rings (SSSR count). The molecule has 0 unspecified atom stereocenters. The van der Waals surface area contributed by atoms with Crippen molar-refractivity contribution in [3.05, 3.63) is 74.7 Å². The van der Waals surface area contributed by atoms with Crippen LogP contribution in [0, 0.1) is 10.1 Å². The maximum atomic E-state index is 12.7. The highest BCUT2D eigenvalue weighted by atomic mass is 32.2. The number of rotatable bonds is 7. The molecule has 154 valence electrons. The molecule has 0 saturated carbocycles. The number of amides is 2. The van der Waals surface area contributed by atoms with Crippen LogP contribution in [-0.2, 0) is 20.9 Å². The van der Waals surface area contributed by atoms with Gasteiger partial charge in [0.05, 0.1) is 23.5 Å². The number of non-ortho nitro benzene ring substituents is 1. The molecule has 1 heterocycles. The van der Waals surface area contributed by atoms with Crippen molar-refractivity contribution in [3.63, 3.8) is 0 Å². The summed E-state index contributed by atoms with van der Waals surface area (Å²) in [6.07, 6.45) is 1.50. The predicted molar refractivity (Wildman–Crippen MR) is 109 cm³/mol. The Labute approximate surface area is 175 Å². The Bertz CT molecular complexity index is 1050. The molecular formula is C20H16N2O7S. The first-order chi connectivity index (χ1) is 14.4. The van der Waals surface area contributed by atoms with Gasteiger partial charge in [-0.15, -0.1) is 0 Å². The minimum atomic E-state index is -0.554. The second-order valence-corrected chi connectivity index (χ2v) is 7.09. The smallest absolute Gasteiger partial charge is 0.343 e. The minimum absolute atomic E-state index is 0.0792. The zero-order chi connectivity index (χ0) is 21.7. The number of thioether (sulfide) groups is 1. The number of hydrogen-bond acceptors (Lipinski definition) is 8. The fourth-order valence-corrected chi connectivity index (χ4v) is 3.48. The number of carbonyl (C=O) groups excluding carboxylic acids is 3. The molecule has 10 heteroatoms. The highest BCUT2D eigenvalue weighted by molar-refractivity contribution is 8.18. The third-order valence-corrected chi connectivity index (χ3v) is 5.02. The molecule has 2 aromatic carbocycles. The fraction of sp³-hybridized carbons (Fsp3) is 0.150. The largest absolute Gasteiger partial charge is 0.481 e. The van der Waals surface area contributed by atoms with E-state index in [1.807, 2.05) is 0 Å². The Morgan fingerprint density at radius 2 is 1.97 bits per heavy atom. The third kappa shape index (κ3) is 4.84. The molecule has 1 aliphatic heterocycles. The van der Waals surface area contributed by atoms with E-state index in [9.17, 15) is 24.5 Å². The van der Waals surface area contributed by atoms with E-state index in [0.717, 1.165) is 16.7 Å². The van der Waals surface area contributed by atoms with Gasteiger partial charge in [0, 0.05) is 17.7 Å². The van der Waals surface area contributed by atoms with Crippen LogP contribution in [0.4, 0.5) is 10.5 Å². The number of esters is 1. The summed E-state index contributed by atoms with van der Waals surface area (Å²) in [5.74, 6) is -0.713. The highest BCUT2D eigenvalue weighted by Crippen LogP contribution is 2.35. The fourth-order valence-electron chi connectivity index (χ4n) is 2.66. The molecule has 0 spiro atoms. The topological polar surface area (TPSA) is 116 Å². The first-order valence-corrected chi connectivity index (χ1v) is 9.48. The molecule has 0 N–H and O–H groups in total. The van der Waals surface area contributed by atoms with E-state index in [4.69, 9.17) is 4.74 Å². The van der Waals surface area contributed by atoms with Crippen LogP contribution in [0.15, 0.2) is 53.4 Å². The standard InChI is InChI=1S/C20H16N2O7S/c1-28-18(23)12-29-16-8-3-2-6-14(16)10-17-19(24)21(20(25)30-17)11-13-5-4-7-15(9-13)22(26)27/h2-10H,11-12H2,1H3/b17-10-. The van der Waals surface area contributed by atoms with Crippen molar-refractivity contribution in [3.8, 4) is 5.75 Å². The van der Waals surface area contributed by atoms with Crippen LogP contribution in [0.2, 0.25) is 0 Å². The maximum absolute atomic E-state index is 12.7. The van der Waals surface area contributed by atoms with Crippen molar-refractivity contribution in [2.24, 2.45) is 0 Å². The van der Waals surface area contributed by atoms with Crippen molar-refractivity contribution in [2.45, 2.75) is 6.54 Å². The average Bonchev–Trinajstić information content (AvgIpc) is 3.00. The number of imide groups is 1. The van der Waals surface area contributed by atoms with Crippen molar-refractivity contribution in [2.75, 3.05) is 13.7 Å². The minimum Gasteiger partial charge on any atom is -0.481 e. The molecule has 0 bridgehead atoms. The van der Waals surface area contributed by atoms with E-state index < -0.39 is 22.0 Å². The molecule has 2 amide bonds. The van der Waals surface area contributed by atoms with Gasteiger partial charge in [0.25, 0.3) is 16.8 Å². The van der Waals surface area contributed by atoms with E-state index >= 15 is 0 Å². The van der Waals surface area contributed by atoms with E-state index in [0.29, 0.717) is 16.9 Å². The Kier molecular flexibility index (Phi) is 6.48. The summed E-state index contributed by atoms with van der Waals surface area (Å²) in [6.45, 7) is -0.375. The van der Waals surface area contributed by atoms with E-state index in [1.54, 1.807) is 30.3 Å². The Morgan fingerprint density at radius 1 is 1.20 bits per heavy atom. The Morgan fingerprint density at radius 3 is 2.70 bits per heavy atom. The van der Waals surface area contributed by atoms with Gasteiger partial charge in [-0.1, -0.05) is 30.3 Å². The van der Waals surface area contributed by atoms with Crippen LogP contribution in [0.25, 0.3) is 6.08 Å². The number of ether oxygens (including phenoxy) is 2. The van der Waals surface area contributed by atoms with E-state index in [-0.39, 0.29) is 23.7 Å².